The van der Waals surface area contributed by atoms with Crippen LogP contribution in [0.3, 0.4) is 0 Å². The van der Waals surface area contributed by atoms with Crippen LogP contribution in [0, 0.1) is 6.08 Å². The van der Waals surface area contributed by atoms with E-state index in [4.69, 9.17) is 20.1 Å². The topological polar surface area (TPSA) is 215 Å². The zero-order valence-electron chi connectivity index (χ0n) is 14.8. The van der Waals surface area contributed by atoms with Crippen molar-refractivity contribution < 1.29 is 43.2 Å². The fourth-order valence-corrected chi connectivity index (χ4v) is 3.73. The summed E-state index contributed by atoms with van der Waals surface area (Å²) in [7, 11) is -4.54. The molecule has 0 amide bonds. The number of aliphatic hydroxyl groups is 2. The Morgan fingerprint density at radius 1 is 1.48 bits per heavy atom. The molecule has 1 aliphatic rings. The number of aromatic nitrogens is 4. The highest BCUT2D eigenvalue weighted by atomic mass is 31.2. The molecule has 2 aromatic rings. The fraction of sp³-hybridized carbons (Fsp3) is 0.538. The number of nitrogens with two attached hydrogens (primary N) is 1. The minimum Gasteiger partial charge on any atom is -0.480 e. The molecule has 3 heterocycles. The van der Waals surface area contributed by atoms with E-state index in [-0.39, 0.29) is 17.0 Å². The average molecular weight is 436 g/mol. The van der Waals surface area contributed by atoms with E-state index < -0.39 is 57.0 Å². The molecule has 6 atom stereocenters. The summed E-state index contributed by atoms with van der Waals surface area (Å²) in [5.74, 6) is -1.62. The number of nitrogens with one attached hydrogen (secondary N) is 1. The first-order chi connectivity index (χ1) is 13.5. The van der Waals surface area contributed by atoms with Crippen LogP contribution in [0.2, 0.25) is 0 Å². The van der Waals surface area contributed by atoms with E-state index >= 15 is 0 Å². The Bertz CT molecular complexity index is 974. The van der Waals surface area contributed by atoms with Crippen LogP contribution in [0.5, 0.6) is 0 Å². The zero-order valence-corrected chi connectivity index (χ0v) is 15.7. The van der Waals surface area contributed by atoms with Gasteiger partial charge in [0.25, 0.3) is 0 Å². The summed E-state index contributed by atoms with van der Waals surface area (Å²) in [6, 6.07) is -1.38. The van der Waals surface area contributed by atoms with Gasteiger partial charge in [0, 0.05) is 0 Å². The van der Waals surface area contributed by atoms with E-state index in [1.54, 1.807) is 0 Å². The molecule has 0 aromatic carbocycles. The number of carboxylic acids is 1. The second-order valence-corrected chi connectivity index (χ2v) is 7.81. The standard InChI is InChI=1S/C13H18FN6O8P/c1-4(12(23)24)19-29(25,26)27-2-5-7(21)8(22)11(28-5)20-3-16-6-9(15)17-13(14)18-10(6)20/h3-5,7-8,11,21-22H,2H2,1H3,(H,23,24)(H2,15,17,18)(H2,19,25,26)/t4?,5-,7-,8+,11+/m0/s1. The van der Waals surface area contributed by atoms with Gasteiger partial charge in [0.1, 0.15) is 24.4 Å². The van der Waals surface area contributed by atoms with Gasteiger partial charge in [-0.15, -0.1) is 0 Å². The molecule has 160 valence electrons. The van der Waals surface area contributed by atoms with Crippen molar-refractivity contribution in [2.45, 2.75) is 37.5 Å². The van der Waals surface area contributed by atoms with Gasteiger partial charge in [0.05, 0.1) is 12.9 Å². The molecule has 2 unspecified atom stereocenters. The number of fused-ring (bicyclic) bond motifs is 1. The van der Waals surface area contributed by atoms with Crippen LogP contribution in [-0.2, 0) is 18.6 Å². The number of ether oxygens (including phenoxy) is 1. The maximum absolute atomic E-state index is 13.5. The van der Waals surface area contributed by atoms with Gasteiger partial charge in [-0.05, 0) is 6.92 Å². The Hall–Kier alpha value is -2.26. The molecule has 29 heavy (non-hydrogen) atoms. The van der Waals surface area contributed by atoms with Crippen molar-refractivity contribution in [3.8, 4) is 0 Å². The van der Waals surface area contributed by atoms with Gasteiger partial charge in [-0.3, -0.25) is 13.9 Å². The molecule has 0 bridgehead atoms. The Morgan fingerprint density at radius 3 is 2.83 bits per heavy atom. The highest BCUT2D eigenvalue weighted by Crippen LogP contribution is 2.40. The lowest BCUT2D eigenvalue weighted by Crippen LogP contribution is -2.35. The summed E-state index contributed by atoms with van der Waals surface area (Å²) in [4.78, 5) is 31.2. The quantitative estimate of drug-likeness (QED) is 0.212. The summed E-state index contributed by atoms with van der Waals surface area (Å²) < 4.78 is 36.7. The van der Waals surface area contributed by atoms with Crippen molar-refractivity contribution in [1.82, 2.24) is 24.6 Å². The SMILES string of the molecule is CC(NP(=O)(O)OC[C@@H]1O[C@@H](n2cnc3c(N)nc(F)nc32)[C@H](O)[C@H]1O)C(=O)O. The number of imidazole rings is 1. The number of nitrogens with zero attached hydrogens (tertiary/aromatic N) is 4. The van der Waals surface area contributed by atoms with Crippen LogP contribution < -0.4 is 10.8 Å². The van der Waals surface area contributed by atoms with Crippen LogP contribution in [0.1, 0.15) is 13.2 Å². The number of anilines is 1. The van der Waals surface area contributed by atoms with Crippen molar-refractivity contribution in [2.75, 3.05) is 12.3 Å². The lowest BCUT2D eigenvalue weighted by molar-refractivity contribution is -0.138. The molecule has 2 aromatic heterocycles. The number of aliphatic carboxylic acids is 1. The first kappa shape index (κ1) is 21.4. The molecule has 1 aliphatic heterocycles. The Labute approximate surface area is 161 Å². The van der Waals surface area contributed by atoms with Crippen molar-refractivity contribution in [3.63, 3.8) is 0 Å². The summed E-state index contributed by atoms with van der Waals surface area (Å²) in [6.45, 7) is 0.464. The van der Waals surface area contributed by atoms with Crippen LogP contribution in [0.15, 0.2) is 6.33 Å². The molecule has 1 saturated heterocycles. The van der Waals surface area contributed by atoms with E-state index in [1.165, 1.54) is 0 Å². The van der Waals surface area contributed by atoms with E-state index in [2.05, 4.69) is 15.0 Å². The van der Waals surface area contributed by atoms with Gasteiger partial charge >= 0.3 is 19.8 Å². The Kier molecular flexibility index (Phi) is 5.82. The number of carbonyl (C=O) groups is 1. The smallest absolute Gasteiger partial charge is 0.403 e. The molecule has 0 radical (unpaired) electrons. The third-order valence-corrected chi connectivity index (χ3v) is 5.39. The van der Waals surface area contributed by atoms with E-state index in [9.17, 15) is 28.9 Å². The monoisotopic (exact) mass is 436 g/mol. The van der Waals surface area contributed by atoms with Crippen molar-refractivity contribution >= 4 is 30.7 Å². The number of carboxylic acid groups (broad SMARTS) is 1. The molecular weight excluding hydrogens is 418 g/mol. The normalized spacial score (nSPS) is 27.8. The van der Waals surface area contributed by atoms with E-state index in [0.717, 1.165) is 17.8 Å². The van der Waals surface area contributed by atoms with Gasteiger partial charge in [0.15, 0.2) is 23.2 Å². The van der Waals surface area contributed by atoms with Gasteiger partial charge in [-0.25, -0.2) is 14.6 Å². The number of hydrogen-bond donors (Lipinski definition) is 6. The van der Waals surface area contributed by atoms with Crippen LogP contribution in [0.25, 0.3) is 11.2 Å². The molecule has 16 heteroatoms. The zero-order chi connectivity index (χ0) is 21.5. The molecular formula is C13H18FN6O8P. The summed E-state index contributed by atoms with van der Waals surface area (Å²) in [5, 5.41) is 31.1. The second-order valence-electron chi connectivity index (χ2n) is 6.25. The minimum absolute atomic E-state index is 0.0445. The molecule has 14 nitrogen and oxygen atoms in total. The average Bonchev–Trinajstić information content (AvgIpc) is 3.15. The maximum atomic E-state index is 13.5. The molecule has 3 rings (SSSR count). The minimum atomic E-state index is -4.54. The highest BCUT2D eigenvalue weighted by molar-refractivity contribution is 7.50. The van der Waals surface area contributed by atoms with Crippen LogP contribution in [0.4, 0.5) is 10.2 Å². The summed E-state index contributed by atoms with van der Waals surface area (Å²) in [6.07, 6.45) is -5.67. The highest BCUT2D eigenvalue weighted by Gasteiger charge is 2.45. The number of halogens is 1. The van der Waals surface area contributed by atoms with Gasteiger partial charge in [0.2, 0.25) is 0 Å². The van der Waals surface area contributed by atoms with E-state index in [1.807, 2.05) is 5.09 Å². The first-order valence-electron chi connectivity index (χ1n) is 8.15. The third kappa shape index (κ3) is 4.35. The Balaban J connectivity index is 1.74. The van der Waals surface area contributed by atoms with E-state index in [0.29, 0.717) is 0 Å². The van der Waals surface area contributed by atoms with Gasteiger partial charge in [-0.1, -0.05) is 0 Å². The van der Waals surface area contributed by atoms with Crippen molar-refractivity contribution in [1.29, 1.82) is 0 Å². The predicted molar refractivity (Wildman–Crippen MR) is 91.6 cm³/mol. The summed E-state index contributed by atoms with van der Waals surface area (Å²) >= 11 is 0. The number of hydrogen-bond acceptors (Lipinski definition) is 10. The molecule has 0 saturated carbocycles. The predicted octanol–water partition coefficient (Wildman–Crippen LogP) is -1.65. The summed E-state index contributed by atoms with van der Waals surface area (Å²) in [5.41, 5.74) is 5.51. The number of nitrogen functional groups attached to an aromatic ring is 1. The van der Waals surface area contributed by atoms with Crippen LogP contribution in [-0.4, -0.2) is 76.7 Å². The lowest BCUT2D eigenvalue weighted by Gasteiger charge is -2.19. The van der Waals surface area contributed by atoms with Crippen LogP contribution >= 0.6 is 7.75 Å². The van der Waals surface area contributed by atoms with Crippen molar-refractivity contribution in [2.24, 2.45) is 0 Å². The molecule has 0 aliphatic carbocycles. The fourth-order valence-electron chi connectivity index (χ4n) is 2.71. The Morgan fingerprint density at radius 2 is 2.17 bits per heavy atom. The second kappa shape index (κ2) is 7.87. The largest absolute Gasteiger partial charge is 0.480 e. The number of rotatable bonds is 7. The maximum Gasteiger partial charge on any atom is 0.403 e. The third-order valence-electron chi connectivity index (χ3n) is 4.17. The first-order valence-corrected chi connectivity index (χ1v) is 9.73. The molecule has 7 N–H and O–H groups in total. The van der Waals surface area contributed by atoms with Crippen molar-refractivity contribution in [3.05, 3.63) is 12.4 Å². The molecule has 0 spiro atoms. The number of aliphatic hydroxyl groups excluding tert-OH is 2. The van der Waals surface area contributed by atoms with Gasteiger partial charge in [-0.2, -0.15) is 14.4 Å². The van der Waals surface area contributed by atoms with Gasteiger partial charge < -0.3 is 30.7 Å². The molecule has 1 fully saturated rings. The lowest BCUT2D eigenvalue weighted by atomic mass is 10.1.